The molecule has 0 bridgehead atoms. The van der Waals surface area contributed by atoms with E-state index in [-0.39, 0.29) is 0 Å². The summed E-state index contributed by atoms with van der Waals surface area (Å²) in [7, 11) is 0. The summed E-state index contributed by atoms with van der Waals surface area (Å²) in [5.74, 6) is 0. The van der Waals surface area contributed by atoms with E-state index in [0.29, 0.717) is 0 Å². The van der Waals surface area contributed by atoms with Crippen LogP contribution >= 0.6 is 23.2 Å². The van der Waals surface area contributed by atoms with Crippen LogP contribution in [0.15, 0.2) is 60.9 Å². The molecule has 0 atom stereocenters. The third kappa shape index (κ3) is 5.69. The molecule has 38 heavy (non-hydrogen) atoms. The first-order valence-electron chi connectivity index (χ1n) is 13.7. The van der Waals surface area contributed by atoms with E-state index in [0.717, 1.165) is 73.4 Å². The highest BCUT2D eigenvalue weighted by Gasteiger charge is 2.21. The Morgan fingerprint density at radius 1 is 0.553 bits per heavy atom. The molecule has 4 aromatic rings. The second kappa shape index (κ2) is 11.6. The minimum absolute atomic E-state index is 0.738. The number of anilines is 2. The van der Waals surface area contributed by atoms with Crippen molar-refractivity contribution < 1.29 is 0 Å². The summed E-state index contributed by atoms with van der Waals surface area (Å²) in [6.45, 7) is 11.0. The maximum atomic E-state index is 6.17. The topological polar surface area (TPSA) is 38.7 Å². The van der Waals surface area contributed by atoms with Crippen LogP contribution in [0, 0.1) is 0 Å². The van der Waals surface area contributed by atoms with E-state index in [9.17, 15) is 0 Å². The van der Waals surface area contributed by atoms with E-state index in [1.165, 1.54) is 48.1 Å². The van der Waals surface area contributed by atoms with Crippen molar-refractivity contribution in [3.63, 3.8) is 0 Å². The number of rotatable bonds is 7. The fourth-order valence-electron chi connectivity index (χ4n) is 5.86. The van der Waals surface area contributed by atoms with Crippen LogP contribution in [-0.4, -0.2) is 85.2 Å². The summed E-state index contributed by atoms with van der Waals surface area (Å²) >= 11 is 12.3. The summed E-state index contributed by atoms with van der Waals surface area (Å²) in [6.07, 6.45) is 6.31. The van der Waals surface area contributed by atoms with Gasteiger partial charge in [0.25, 0.3) is 0 Å². The molecule has 0 aliphatic carbocycles. The van der Waals surface area contributed by atoms with Crippen molar-refractivity contribution in [1.82, 2.24) is 19.8 Å². The molecule has 0 amide bonds. The van der Waals surface area contributed by atoms with Crippen molar-refractivity contribution in [2.45, 2.75) is 12.8 Å². The summed E-state index contributed by atoms with van der Waals surface area (Å²) in [6, 6.07) is 16.3. The van der Waals surface area contributed by atoms with Crippen LogP contribution in [0.3, 0.4) is 0 Å². The summed E-state index contributed by atoms with van der Waals surface area (Å²) in [4.78, 5) is 19.2. The van der Waals surface area contributed by atoms with Crippen LogP contribution in [0.5, 0.6) is 0 Å². The molecule has 2 saturated heterocycles. The lowest BCUT2D eigenvalue weighted by molar-refractivity contribution is 0.227. The summed E-state index contributed by atoms with van der Waals surface area (Å²) in [5.41, 5.74) is 4.48. The second-order valence-electron chi connectivity index (χ2n) is 10.3. The van der Waals surface area contributed by atoms with Gasteiger partial charge in [0.15, 0.2) is 0 Å². The average molecular weight is 550 g/mol. The molecule has 0 spiro atoms. The molecule has 4 heterocycles. The van der Waals surface area contributed by atoms with Crippen molar-refractivity contribution in [3.05, 3.63) is 71.0 Å². The molecule has 0 N–H and O–H groups in total. The zero-order valence-corrected chi connectivity index (χ0v) is 23.2. The van der Waals surface area contributed by atoms with Gasteiger partial charge in [-0.25, -0.2) is 0 Å². The monoisotopic (exact) mass is 548 g/mol. The number of hydrogen-bond donors (Lipinski definition) is 0. The number of aromatic nitrogens is 2. The third-order valence-corrected chi connectivity index (χ3v) is 8.46. The first kappa shape index (κ1) is 25.6. The highest BCUT2D eigenvalue weighted by Crippen LogP contribution is 2.29. The molecule has 0 unspecified atom stereocenters. The van der Waals surface area contributed by atoms with Gasteiger partial charge in [-0.05, 0) is 74.5 Å². The van der Waals surface area contributed by atoms with Gasteiger partial charge in [0.1, 0.15) is 0 Å². The second-order valence-corrected chi connectivity index (χ2v) is 11.2. The van der Waals surface area contributed by atoms with Crippen LogP contribution in [0.4, 0.5) is 11.4 Å². The van der Waals surface area contributed by atoms with Crippen molar-refractivity contribution >= 4 is 56.4 Å². The molecule has 8 heteroatoms. The van der Waals surface area contributed by atoms with E-state index >= 15 is 0 Å². The van der Waals surface area contributed by atoms with Gasteiger partial charge in [-0.3, -0.25) is 19.8 Å². The fourth-order valence-corrected chi connectivity index (χ4v) is 6.19. The normalized spacial score (nSPS) is 17.5. The maximum absolute atomic E-state index is 6.17. The van der Waals surface area contributed by atoms with Gasteiger partial charge in [0.2, 0.25) is 0 Å². The van der Waals surface area contributed by atoms with Gasteiger partial charge in [0.05, 0.1) is 11.0 Å². The molecule has 0 radical (unpaired) electrons. The minimum Gasteiger partial charge on any atom is -0.368 e. The van der Waals surface area contributed by atoms with Crippen LogP contribution in [0.25, 0.3) is 21.8 Å². The lowest BCUT2D eigenvalue weighted by atomic mass is 10.1. The summed E-state index contributed by atoms with van der Waals surface area (Å²) < 4.78 is 0. The Bertz CT molecular complexity index is 1290. The number of piperazine rings is 2. The van der Waals surface area contributed by atoms with Gasteiger partial charge in [-0.2, -0.15) is 0 Å². The van der Waals surface area contributed by atoms with Gasteiger partial charge >= 0.3 is 0 Å². The van der Waals surface area contributed by atoms with Crippen molar-refractivity contribution in [2.24, 2.45) is 0 Å². The number of halogens is 2. The number of nitrogens with zero attached hydrogens (tertiary/aromatic N) is 6. The first-order valence-corrected chi connectivity index (χ1v) is 14.4. The molecular formula is C30H34Cl2N6. The Labute approximate surface area is 234 Å². The number of hydrogen-bond acceptors (Lipinski definition) is 6. The fraction of sp³-hybridized carbons (Fsp3) is 0.400. The number of unbranched alkanes of at least 4 members (excludes halogenated alkanes) is 1. The van der Waals surface area contributed by atoms with Crippen molar-refractivity contribution in [3.8, 4) is 0 Å². The van der Waals surface area contributed by atoms with E-state index < -0.39 is 0 Å². The van der Waals surface area contributed by atoms with Crippen molar-refractivity contribution in [1.29, 1.82) is 0 Å². The number of benzene rings is 2. The van der Waals surface area contributed by atoms with Gasteiger partial charge in [-0.1, -0.05) is 23.2 Å². The van der Waals surface area contributed by atoms with E-state index in [1.807, 2.05) is 36.7 Å². The molecule has 2 aliphatic heterocycles. The molecule has 2 aromatic carbocycles. The maximum Gasteiger partial charge on any atom is 0.0737 e. The molecule has 198 valence electrons. The average Bonchev–Trinajstić information content (AvgIpc) is 2.95. The predicted molar refractivity (Wildman–Crippen MR) is 160 cm³/mol. The first-order chi connectivity index (χ1) is 18.6. The highest BCUT2D eigenvalue weighted by molar-refractivity contribution is 6.31. The lowest BCUT2D eigenvalue weighted by Gasteiger charge is -2.37. The van der Waals surface area contributed by atoms with E-state index in [4.69, 9.17) is 23.2 Å². The Kier molecular flexibility index (Phi) is 7.84. The third-order valence-electron chi connectivity index (χ3n) is 7.99. The Hall–Kier alpha value is -2.64. The minimum atomic E-state index is 0.738. The Morgan fingerprint density at radius 2 is 0.974 bits per heavy atom. The molecule has 2 aliphatic rings. The predicted octanol–water partition coefficient (Wildman–Crippen LogP) is 5.81. The number of fused-ring (bicyclic) bond motifs is 2. The smallest absolute Gasteiger partial charge is 0.0737 e. The van der Waals surface area contributed by atoms with Gasteiger partial charge in [-0.15, -0.1) is 0 Å². The van der Waals surface area contributed by atoms with Gasteiger partial charge in [0, 0.05) is 96.9 Å². The van der Waals surface area contributed by atoms with Crippen molar-refractivity contribution in [2.75, 3.05) is 75.2 Å². The van der Waals surface area contributed by atoms with Crippen LogP contribution in [0.2, 0.25) is 10.0 Å². The summed E-state index contributed by atoms with van der Waals surface area (Å²) in [5, 5.41) is 3.85. The standard InChI is InChI=1S/C30H34Cl2N6/c31-23-3-5-25-27(21-23)33-9-7-29(25)37-17-13-35(14-18-37)11-1-2-12-36-15-19-38(20-16-36)30-8-10-34-28-22-24(32)4-6-26(28)30/h3-10,21-22H,1-2,11-20H2. The molecule has 6 rings (SSSR count). The van der Waals surface area contributed by atoms with Crippen LogP contribution in [0.1, 0.15) is 12.8 Å². The quantitative estimate of drug-likeness (QED) is 0.271. The molecule has 6 nitrogen and oxygen atoms in total. The highest BCUT2D eigenvalue weighted by atomic mass is 35.5. The molecule has 0 saturated carbocycles. The largest absolute Gasteiger partial charge is 0.368 e. The van der Waals surface area contributed by atoms with E-state index in [2.05, 4.69) is 53.8 Å². The zero-order valence-electron chi connectivity index (χ0n) is 21.7. The Morgan fingerprint density at radius 3 is 1.39 bits per heavy atom. The zero-order chi connectivity index (χ0) is 25.9. The number of pyridine rings is 2. The molecule has 2 fully saturated rings. The molecular weight excluding hydrogens is 515 g/mol. The van der Waals surface area contributed by atoms with E-state index in [1.54, 1.807) is 0 Å². The van der Waals surface area contributed by atoms with Gasteiger partial charge < -0.3 is 9.80 Å². The lowest BCUT2D eigenvalue weighted by Crippen LogP contribution is -2.47. The van der Waals surface area contributed by atoms with Crippen LogP contribution < -0.4 is 9.80 Å². The SMILES string of the molecule is Clc1ccc2c(N3CCN(CCCCN4CCN(c5ccnc6cc(Cl)ccc56)CC4)CC3)ccnc2c1. The molecule has 2 aromatic heterocycles. The Balaban J connectivity index is 0.930. The van der Waals surface area contributed by atoms with Crippen LogP contribution in [-0.2, 0) is 0 Å².